The maximum atomic E-state index is 13.0. The Morgan fingerprint density at radius 1 is 0.880 bits per heavy atom. The third-order valence-corrected chi connectivity index (χ3v) is 4.67. The molecule has 3 heterocycles. The van der Waals surface area contributed by atoms with Gasteiger partial charge in [0.05, 0.1) is 16.8 Å². The molecule has 122 valence electrons. The molecule has 1 aromatic carbocycles. The van der Waals surface area contributed by atoms with Crippen LogP contribution in [-0.4, -0.2) is 19.5 Å². The molecule has 0 amide bonds. The molecule has 0 saturated heterocycles. The van der Waals surface area contributed by atoms with Gasteiger partial charge in [0.2, 0.25) is 0 Å². The van der Waals surface area contributed by atoms with Gasteiger partial charge >= 0.3 is 0 Å². The Morgan fingerprint density at radius 3 is 2.48 bits per heavy atom. The predicted octanol–water partition coefficient (Wildman–Crippen LogP) is 3.47. The molecule has 0 radical (unpaired) electrons. The van der Waals surface area contributed by atoms with Crippen molar-refractivity contribution in [3.05, 3.63) is 89.1 Å². The van der Waals surface area contributed by atoms with E-state index in [9.17, 15) is 4.79 Å². The highest BCUT2D eigenvalue weighted by molar-refractivity contribution is 7.98. The van der Waals surface area contributed by atoms with Crippen molar-refractivity contribution in [3.63, 3.8) is 0 Å². The molecule has 0 atom stereocenters. The van der Waals surface area contributed by atoms with Crippen molar-refractivity contribution in [1.82, 2.24) is 19.5 Å². The second kappa shape index (κ2) is 6.86. The van der Waals surface area contributed by atoms with Gasteiger partial charge in [-0.15, -0.1) is 0 Å². The number of hydrogen-bond acceptors (Lipinski definition) is 5. The van der Waals surface area contributed by atoms with Crippen molar-refractivity contribution in [2.75, 3.05) is 0 Å². The quantitative estimate of drug-likeness (QED) is 0.418. The average molecular weight is 346 g/mol. The summed E-state index contributed by atoms with van der Waals surface area (Å²) in [6, 6.07) is 18.8. The lowest BCUT2D eigenvalue weighted by Crippen LogP contribution is -2.22. The highest BCUT2D eigenvalue weighted by Gasteiger charge is 2.14. The monoisotopic (exact) mass is 346 g/mol. The zero-order chi connectivity index (χ0) is 17.1. The number of fused-ring (bicyclic) bond motifs is 1. The minimum absolute atomic E-state index is 0.118. The van der Waals surface area contributed by atoms with E-state index in [0.717, 1.165) is 11.4 Å². The molecule has 0 aliphatic heterocycles. The first-order valence-corrected chi connectivity index (χ1v) is 8.77. The third kappa shape index (κ3) is 3.16. The van der Waals surface area contributed by atoms with Crippen molar-refractivity contribution >= 4 is 22.8 Å². The summed E-state index contributed by atoms with van der Waals surface area (Å²) < 4.78 is 1.64. The van der Waals surface area contributed by atoms with Gasteiger partial charge in [-0.05, 0) is 36.4 Å². The number of rotatable bonds is 4. The van der Waals surface area contributed by atoms with Crippen LogP contribution in [0.4, 0.5) is 0 Å². The Morgan fingerprint density at radius 2 is 1.68 bits per heavy atom. The van der Waals surface area contributed by atoms with Gasteiger partial charge < -0.3 is 0 Å². The molecule has 0 spiro atoms. The van der Waals surface area contributed by atoms with Crippen LogP contribution in [0.5, 0.6) is 0 Å². The van der Waals surface area contributed by atoms with Gasteiger partial charge in [0.25, 0.3) is 5.56 Å². The Labute approximate surface area is 148 Å². The molecular weight excluding hydrogens is 332 g/mol. The van der Waals surface area contributed by atoms with Gasteiger partial charge in [-0.2, -0.15) is 0 Å². The van der Waals surface area contributed by atoms with E-state index in [-0.39, 0.29) is 5.56 Å². The molecule has 6 heteroatoms. The van der Waals surface area contributed by atoms with E-state index < -0.39 is 0 Å². The van der Waals surface area contributed by atoms with Crippen molar-refractivity contribution in [3.8, 4) is 5.69 Å². The van der Waals surface area contributed by atoms with E-state index in [1.54, 1.807) is 29.1 Å². The Hall–Kier alpha value is -2.99. The first kappa shape index (κ1) is 15.5. The smallest absolute Gasteiger partial charge is 0.268 e. The number of pyridine rings is 2. The molecule has 0 bridgehead atoms. The van der Waals surface area contributed by atoms with E-state index in [1.807, 2.05) is 48.5 Å². The fraction of sp³-hybridized carbons (Fsp3) is 0.0526. The lowest BCUT2D eigenvalue weighted by Gasteiger charge is -2.12. The fourth-order valence-corrected chi connectivity index (χ4v) is 3.44. The van der Waals surface area contributed by atoms with Gasteiger partial charge in [0.1, 0.15) is 0 Å². The van der Waals surface area contributed by atoms with Gasteiger partial charge in [-0.3, -0.25) is 14.3 Å². The summed E-state index contributed by atoms with van der Waals surface area (Å²) in [6.07, 6.45) is 3.41. The molecule has 3 aromatic heterocycles. The molecular formula is C19H14N4OS. The van der Waals surface area contributed by atoms with E-state index in [1.165, 1.54) is 11.8 Å². The van der Waals surface area contributed by atoms with Crippen molar-refractivity contribution in [2.45, 2.75) is 10.9 Å². The average Bonchev–Trinajstić information content (AvgIpc) is 2.68. The highest BCUT2D eigenvalue weighted by atomic mass is 32.2. The van der Waals surface area contributed by atoms with Crippen LogP contribution >= 0.6 is 11.8 Å². The second-order valence-corrected chi connectivity index (χ2v) is 6.30. The van der Waals surface area contributed by atoms with Crippen LogP contribution in [0, 0.1) is 0 Å². The molecule has 4 rings (SSSR count). The van der Waals surface area contributed by atoms with Crippen LogP contribution in [0.2, 0.25) is 0 Å². The van der Waals surface area contributed by atoms with E-state index in [0.29, 0.717) is 21.9 Å². The first-order valence-electron chi connectivity index (χ1n) is 7.79. The number of para-hydroxylation sites is 1. The SMILES string of the molecule is O=c1c2cccnc2nc(SCc2ccccn2)n1-c1ccccc1. The lowest BCUT2D eigenvalue weighted by molar-refractivity contribution is 0.814. The summed E-state index contributed by atoms with van der Waals surface area (Å²) >= 11 is 1.47. The van der Waals surface area contributed by atoms with Crippen LogP contribution in [0.25, 0.3) is 16.7 Å². The van der Waals surface area contributed by atoms with E-state index in [4.69, 9.17) is 0 Å². The number of hydrogen-bond donors (Lipinski definition) is 0. The fourth-order valence-electron chi connectivity index (χ4n) is 2.52. The molecule has 0 N–H and O–H groups in total. The topological polar surface area (TPSA) is 60.7 Å². The Kier molecular flexibility index (Phi) is 4.26. The van der Waals surface area contributed by atoms with Gasteiger partial charge in [0.15, 0.2) is 10.8 Å². The van der Waals surface area contributed by atoms with Gasteiger partial charge in [0, 0.05) is 18.1 Å². The van der Waals surface area contributed by atoms with Crippen molar-refractivity contribution in [1.29, 1.82) is 0 Å². The minimum Gasteiger partial charge on any atom is -0.268 e. The number of thioether (sulfide) groups is 1. The van der Waals surface area contributed by atoms with Crippen LogP contribution in [0.3, 0.4) is 0 Å². The highest BCUT2D eigenvalue weighted by Crippen LogP contribution is 2.23. The third-order valence-electron chi connectivity index (χ3n) is 3.70. The van der Waals surface area contributed by atoms with Crippen molar-refractivity contribution < 1.29 is 0 Å². The first-order chi connectivity index (χ1) is 12.3. The summed E-state index contributed by atoms with van der Waals surface area (Å²) in [7, 11) is 0. The molecule has 0 unspecified atom stereocenters. The zero-order valence-electron chi connectivity index (χ0n) is 13.2. The van der Waals surface area contributed by atoms with E-state index >= 15 is 0 Å². The lowest BCUT2D eigenvalue weighted by atomic mass is 10.3. The van der Waals surface area contributed by atoms with Crippen LogP contribution < -0.4 is 5.56 Å². The summed E-state index contributed by atoms with van der Waals surface area (Å²) in [5, 5.41) is 1.11. The summed E-state index contributed by atoms with van der Waals surface area (Å²) in [4.78, 5) is 26.2. The van der Waals surface area contributed by atoms with Gasteiger partial charge in [-0.1, -0.05) is 36.0 Å². The summed E-state index contributed by atoms with van der Waals surface area (Å²) in [6.45, 7) is 0. The number of nitrogens with zero attached hydrogens (tertiary/aromatic N) is 4. The van der Waals surface area contributed by atoms with Crippen LogP contribution in [0.15, 0.2) is 83.0 Å². The summed E-state index contributed by atoms with van der Waals surface area (Å²) in [5.74, 6) is 0.623. The Balaban J connectivity index is 1.85. The Bertz CT molecular complexity index is 1060. The molecule has 0 aliphatic carbocycles. The maximum absolute atomic E-state index is 13.0. The van der Waals surface area contributed by atoms with Crippen molar-refractivity contribution in [2.24, 2.45) is 0 Å². The standard InChI is InChI=1S/C19H14N4OS/c24-18-16-10-6-12-21-17(16)22-19(23(18)15-8-2-1-3-9-15)25-13-14-7-4-5-11-20-14/h1-12H,13H2. The molecule has 0 fully saturated rings. The molecule has 25 heavy (non-hydrogen) atoms. The molecule has 0 saturated carbocycles. The van der Waals surface area contributed by atoms with Crippen LogP contribution in [-0.2, 0) is 5.75 Å². The normalized spacial score (nSPS) is 10.9. The van der Waals surface area contributed by atoms with Gasteiger partial charge in [-0.25, -0.2) is 9.97 Å². The minimum atomic E-state index is -0.118. The predicted molar refractivity (Wildman–Crippen MR) is 98.9 cm³/mol. The van der Waals surface area contributed by atoms with Crippen LogP contribution in [0.1, 0.15) is 5.69 Å². The summed E-state index contributed by atoms with van der Waals surface area (Å²) in [5.41, 5.74) is 2.06. The van der Waals surface area contributed by atoms with E-state index in [2.05, 4.69) is 15.0 Å². The maximum Gasteiger partial charge on any atom is 0.268 e. The molecule has 5 nitrogen and oxygen atoms in total. The number of aromatic nitrogens is 4. The number of benzene rings is 1. The molecule has 4 aromatic rings. The zero-order valence-corrected chi connectivity index (χ0v) is 14.1. The second-order valence-electron chi connectivity index (χ2n) is 5.35. The largest absolute Gasteiger partial charge is 0.268 e. The molecule has 0 aliphatic rings.